The number of aryl methyl sites for hydroxylation is 3. The van der Waals surface area contributed by atoms with Gasteiger partial charge in [-0.3, -0.25) is 0 Å². The topological polar surface area (TPSA) is 9.23 Å². The van der Waals surface area contributed by atoms with E-state index in [1.165, 1.54) is 42.4 Å². The van der Waals surface area contributed by atoms with Crippen molar-refractivity contribution in [1.29, 1.82) is 0 Å². The van der Waals surface area contributed by atoms with Crippen LogP contribution in [0.4, 0.5) is 0 Å². The average molecular weight is 220 g/mol. The maximum Gasteiger partial charge on any atom is 0.122 e. The molecule has 0 saturated carbocycles. The zero-order valence-corrected chi connectivity index (χ0v) is 11.1. The molecule has 0 spiro atoms. The van der Waals surface area contributed by atoms with Crippen molar-refractivity contribution < 1.29 is 4.74 Å². The highest BCUT2D eigenvalue weighted by Crippen LogP contribution is 2.25. The lowest BCUT2D eigenvalue weighted by molar-refractivity contribution is 0.411. The largest absolute Gasteiger partial charge is 0.496 e. The van der Waals surface area contributed by atoms with E-state index in [9.17, 15) is 0 Å². The molecule has 0 heterocycles. The van der Waals surface area contributed by atoms with Gasteiger partial charge in [-0.1, -0.05) is 32.8 Å². The van der Waals surface area contributed by atoms with Gasteiger partial charge in [-0.2, -0.15) is 0 Å². The van der Waals surface area contributed by atoms with Crippen molar-refractivity contribution in [3.05, 3.63) is 28.8 Å². The van der Waals surface area contributed by atoms with E-state index < -0.39 is 0 Å². The Balaban J connectivity index is 2.98. The van der Waals surface area contributed by atoms with Gasteiger partial charge in [0.05, 0.1) is 7.11 Å². The first-order valence-corrected chi connectivity index (χ1v) is 6.39. The van der Waals surface area contributed by atoms with Crippen LogP contribution in [0.25, 0.3) is 0 Å². The monoisotopic (exact) mass is 220 g/mol. The fourth-order valence-electron chi connectivity index (χ4n) is 2.11. The minimum atomic E-state index is 1.03. The molecule has 0 atom stereocenters. The number of ether oxygens (including phenoxy) is 1. The molecule has 0 aliphatic heterocycles. The molecule has 0 saturated heterocycles. The molecule has 0 aliphatic carbocycles. The number of hydrogen-bond acceptors (Lipinski definition) is 1. The quantitative estimate of drug-likeness (QED) is 0.694. The molecular formula is C15H24O. The Morgan fingerprint density at radius 3 is 2.25 bits per heavy atom. The third kappa shape index (κ3) is 3.26. The lowest BCUT2D eigenvalue weighted by Crippen LogP contribution is -1.98. The third-order valence-electron chi connectivity index (χ3n) is 3.04. The molecule has 1 rings (SSSR count). The van der Waals surface area contributed by atoms with E-state index in [1.807, 2.05) is 0 Å². The van der Waals surface area contributed by atoms with Crippen molar-refractivity contribution in [2.75, 3.05) is 7.11 Å². The van der Waals surface area contributed by atoms with Crippen LogP contribution in [0.1, 0.15) is 49.8 Å². The van der Waals surface area contributed by atoms with E-state index in [0.29, 0.717) is 0 Å². The highest BCUT2D eigenvalue weighted by molar-refractivity contribution is 5.42. The van der Waals surface area contributed by atoms with Gasteiger partial charge in [0.15, 0.2) is 0 Å². The van der Waals surface area contributed by atoms with Crippen LogP contribution in [-0.2, 0) is 12.8 Å². The predicted octanol–water partition coefficient (Wildman–Crippen LogP) is 4.30. The van der Waals surface area contributed by atoms with Gasteiger partial charge in [-0.15, -0.1) is 0 Å². The van der Waals surface area contributed by atoms with E-state index in [1.54, 1.807) is 7.11 Å². The van der Waals surface area contributed by atoms with E-state index in [0.717, 1.165) is 12.2 Å². The van der Waals surface area contributed by atoms with E-state index >= 15 is 0 Å². The molecule has 16 heavy (non-hydrogen) atoms. The van der Waals surface area contributed by atoms with Gasteiger partial charge in [-0.05, 0) is 48.9 Å². The molecule has 0 unspecified atom stereocenters. The molecule has 1 nitrogen and oxygen atoms in total. The molecule has 0 aromatic heterocycles. The van der Waals surface area contributed by atoms with E-state index in [2.05, 4.69) is 32.9 Å². The van der Waals surface area contributed by atoms with Crippen LogP contribution in [0.3, 0.4) is 0 Å². The normalized spacial score (nSPS) is 10.5. The predicted molar refractivity (Wildman–Crippen MR) is 70.3 cm³/mol. The summed E-state index contributed by atoms with van der Waals surface area (Å²) in [6.45, 7) is 6.61. The first kappa shape index (κ1) is 13.1. The maximum atomic E-state index is 5.39. The summed E-state index contributed by atoms with van der Waals surface area (Å²) in [5, 5.41) is 0. The zero-order chi connectivity index (χ0) is 12.0. The van der Waals surface area contributed by atoms with Gasteiger partial charge < -0.3 is 4.74 Å². The first-order valence-electron chi connectivity index (χ1n) is 6.39. The Morgan fingerprint density at radius 1 is 1.00 bits per heavy atom. The first-order chi connectivity index (χ1) is 7.72. The van der Waals surface area contributed by atoms with Gasteiger partial charge >= 0.3 is 0 Å². The number of unbranched alkanes of at least 4 members (excludes halogenated alkanes) is 1. The Morgan fingerprint density at radius 2 is 1.69 bits per heavy atom. The summed E-state index contributed by atoms with van der Waals surface area (Å²) < 4.78 is 5.39. The van der Waals surface area contributed by atoms with Gasteiger partial charge in [0.2, 0.25) is 0 Å². The summed E-state index contributed by atoms with van der Waals surface area (Å²) in [6.07, 6.45) is 6.11. The lowest BCUT2D eigenvalue weighted by Gasteiger charge is -2.13. The van der Waals surface area contributed by atoms with Gasteiger partial charge in [-0.25, -0.2) is 0 Å². The van der Waals surface area contributed by atoms with Crippen molar-refractivity contribution >= 4 is 0 Å². The second-order valence-electron chi connectivity index (χ2n) is 4.44. The van der Waals surface area contributed by atoms with Crippen LogP contribution in [0.5, 0.6) is 5.75 Å². The third-order valence-corrected chi connectivity index (χ3v) is 3.04. The summed E-state index contributed by atoms with van der Waals surface area (Å²) in [4.78, 5) is 0. The van der Waals surface area contributed by atoms with Crippen molar-refractivity contribution in [2.45, 2.75) is 52.9 Å². The van der Waals surface area contributed by atoms with Gasteiger partial charge in [0.25, 0.3) is 0 Å². The van der Waals surface area contributed by atoms with E-state index in [4.69, 9.17) is 4.74 Å². The number of methoxy groups -OCH3 is 1. The summed E-state index contributed by atoms with van der Waals surface area (Å²) in [7, 11) is 1.75. The molecule has 1 heteroatoms. The summed E-state index contributed by atoms with van der Waals surface area (Å²) in [6, 6.07) is 4.53. The lowest BCUT2D eigenvalue weighted by atomic mass is 9.96. The summed E-state index contributed by atoms with van der Waals surface area (Å²) in [5.74, 6) is 1.03. The Labute approximate surface area is 99.8 Å². The molecule has 0 N–H and O–H groups in total. The number of benzene rings is 1. The van der Waals surface area contributed by atoms with Crippen LogP contribution in [0.15, 0.2) is 12.1 Å². The Hall–Kier alpha value is -0.980. The standard InChI is InChI=1S/C15H24O/c1-5-7-9-14-10-12(3)15(16-4)11-13(14)8-6-2/h10-11H,5-9H2,1-4H3. The molecule has 0 fully saturated rings. The second-order valence-corrected chi connectivity index (χ2v) is 4.44. The smallest absolute Gasteiger partial charge is 0.122 e. The van der Waals surface area contributed by atoms with Crippen LogP contribution in [-0.4, -0.2) is 7.11 Å². The zero-order valence-electron chi connectivity index (χ0n) is 11.1. The Kier molecular flexibility index (Phi) is 5.37. The van der Waals surface area contributed by atoms with Crippen LogP contribution < -0.4 is 4.74 Å². The van der Waals surface area contributed by atoms with Crippen LogP contribution in [0.2, 0.25) is 0 Å². The van der Waals surface area contributed by atoms with Crippen molar-refractivity contribution in [1.82, 2.24) is 0 Å². The van der Waals surface area contributed by atoms with Crippen molar-refractivity contribution in [3.63, 3.8) is 0 Å². The molecule has 0 radical (unpaired) electrons. The summed E-state index contributed by atoms with van der Waals surface area (Å²) in [5.41, 5.74) is 4.24. The molecule has 0 amide bonds. The van der Waals surface area contributed by atoms with Crippen molar-refractivity contribution in [2.24, 2.45) is 0 Å². The molecule has 90 valence electrons. The SMILES string of the molecule is CCCCc1cc(C)c(OC)cc1CCC. The van der Waals surface area contributed by atoms with Crippen LogP contribution >= 0.6 is 0 Å². The minimum Gasteiger partial charge on any atom is -0.496 e. The Bertz CT molecular complexity index is 328. The number of hydrogen-bond donors (Lipinski definition) is 0. The average Bonchev–Trinajstić information content (AvgIpc) is 2.29. The van der Waals surface area contributed by atoms with Crippen LogP contribution in [0, 0.1) is 6.92 Å². The molecular weight excluding hydrogens is 196 g/mol. The molecule has 0 bridgehead atoms. The maximum absolute atomic E-state index is 5.39. The fraction of sp³-hybridized carbons (Fsp3) is 0.600. The molecule has 1 aromatic rings. The highest BCUT2D eigenvalue weighted by atomic mass is 16.5. The summed E-state index contributed by atoms with van der Waals surface area (Å²) >= 11 is 0. The minimum absolute atomic E-state index is 1.03. The van der Waals surface area contributed by atoms with Gasteiger partial charge in [0.1, 0.15) is 5.75 Å². The van der Waals surface area contributed by atoms with Crippen molar-refractivity contribution in [3.8, 4) is 5.75 Å². The molecule has 1 aromatic carbocycles. The second kappa shape index (κ2) is 6.57. The van der Waals surface area contributed by atoms with E-state index in [-0.39, 0.29) is 0 Å². The highest BCUT2D eigenvalue weighted by Gasteiger charge is 2.07. The van der Waals surface area contributed by atoms with Gasteiger partial charge in [0, 0.05) is 0 Å². The number of rotatable bonds is 6. The molecule has 0 aliphatic rings. The fourth-order valence-corrected chi connectivity index (χ4v) is 2.11.